The molecule has 6 heteroatoms. The molecule has 0 unspecified atom stereocenters. The molecule has 104 valence electrons. The van der Waals surface area contributed by atoms with Crippen LogP contribution < -0.4 is 5.32 Å². The predicted octanol–water partition coefficient (Wildman–Crippen LogP) is 2.46. The maximum absolute atomic E-state index is 12.1. The van der Waals surface area contributed by atoms with E-state index >= 15 is 0 Å². The highest BCUT2D eigenvalue weighted by Crippen LogP contribution is 2.14. The van der Waals surface area contributed by atoms with E-state index in [0.29, 0.717) is 12.2 Å². The molecule has 1 saturated heterocycles. The number of hydrogen-bond acceptors (Lipinski definition) is 5. The van der Waals surface area contributed by atoms with Crippen LogP contribution in [0.25, 0.3) is 12.2 Å². The van der Waals surface area contributed by atoms with Crippen LogP contribution in [-0.2, 0) is 4.74 Å². The standard InChI is InChI=1S/C14H15N3O2S/c18-14(19-12-6-7-15-10-12)17-11(5-8-16-17)3-4-13-2-1-9-20-13/h1-5,8-9,12,15H,6-7,10H2/b4-3+/t12-/m1/s1. The van der Waals surface area contributed by atoms with E-state index in [2.05, 4.69) is 10.4 Å². The monoisotopic (exact) mass is 289 g/mol. The molecule has 0 amide bonds. The molecule has 2 aromatic heterocycles. The van der Waals surface area contributed by atoms with Gasteiger partial charge in [-0.05, 0) is 42.6 Å². The zero-order chi connectivity index (χ0) is 13.8. The van der Waals surface area contributed by atoms with Gasteiger partial charge in [-0.3, -0.25) is 0 Å². The summed E-state index contributed by atoms with van der Waals surface area (Å²) in [5.74, 6) is 0. The van der Waals surface area contributed by atoms with Crippen LogP contribution in [0.2, 0.25) is 0 Å². The lowest BCUT2D eigenvalue weighted by molar-refractivity contribution is 0.105. The van der Waals surface area contributed by atoms with Crippen LogP contribution in [0.5, 0.6) is 0 Å². The van der Waals surface area contributed by atoms with Gasteiger partial charge in [-0.25, -0.2) is 4.79 Å². The van der Waals surface area contributed by atoms with Crippen LogP contribution >= 0.6 is 11.3 Å². The third kappa shape index (κ3) is 2.97. The summed E-state index contributed by atoms with van der Waals surface area (Å²) in [6.45, 7) is 1.61. The minimum Gasteiger partial charge on any atom is -0.443 e. The van der Waals surface area contributed by atoms with Crippen molar-refractivity contribution < 1.29 is 9.53 Å². The Labute approximate surface area is 120 Å². The number of rotatable bonds is 3. The molecule has 5 nitrogen and oxygen atoms in total. The van der Waals surface area contributed by atoms with Crippen LogP contribution in [0.1, 0.15) is 17.0 Å². The maximum Gasteiger partial charge on any atom is 0.435 e. The highest BCUT2D eigenvalue weighted by Gasteiger charge is 2.20. The van der Waals surface area contributed by atoms with Gasteiger partial charge in [-0.1, -0.05) is 6.07 Å². The van der Waals surface area contributed by atoms with Crippen molar-refractivity contribution in [2.45, 2.75) is 12.5 Å². The van der Waals surface area contributed by atoms with Gasteiger partial charge in [-0.15, -0.1) is 11.3 Å². The summed E-state index contributed by atoms with van der Waals surface area (Å²) in [6.07, 6.45) is 5.81. The van der Waals surface area contributed by atoms with E-state index in [1.807, 2.05) is 29.7 Å². The Bertz CT molecular complexity index is 598. The van der Waals surface area contributed by atoms with E-state index < -0.39 is 6.09 Å². The molecule has 2 aromatic rings. The first-order valence-electron chi connectivity index (χ1n) is 6.50. The van der Waals surface area contributed by atoms with Gasteiger partial charge < -0.3 is 10.1 Å². The Morgan fingerprint density at radius 1 is 1.50 bits per heavy atom. The normalized spacial score (nSPS) is 18.7. The molecular formula is C14H15N3O2S. The van der Waals surface area contributed by atoms with Crippen molar-refractivity contribution in [3.05, 3.63) is 40.3 Å². The van der Waals surface area contributed by atoms with Crippen LogP contribution in [0, 0.1) is 0 Å². The first kappa shape index (κ1) is 13.1. The number of hydrogen-bond donors (Lipinski definition) is 1. The number of carbonyl (C=O) groups excluding carboxylic acids is 1. The molecule has 1 atom stereocenters. The first-order chi connectivity index (χ1) is 9.83. The number of nitrogens with one attached hydrogen (secondary N) is 1. The highest BCUT2D eigenvalue weighted by molar-refractivity contribution is 7.10. The largest absolute Gasteiger partial charge is 0.443 e. The first-order valence-corrected chi connectivity index (χ1v) is 7.38. The maximum atomic E-state index is 12.1. The van der Waals surface area contributed by atoms with Gasteiger partial charge in [0.05, 0.1) is 11.9 Å². The summed E-state index contributed by atoms with van der Waals surface area (Å²) in [6, 6.07) is 5.80. The Morgan fingerprint density at radius 3 is 3.20 bits per heavy atom. The molecule has 1 N–H and O–H groups in total. The molecule has 3 rings (SSSR count). The molecule has 0 aliphatic carbocycles. The molecule has 0 aromatic carbocycles. The third-order valence-electron chi connectivity index (χ3n) is 3.09. The summed E-state index contributed by atoms with van der Waals surface area (Å²) in [5.41, 5.74) is 0.717. The fourth-order valence-corrected chi connectivity index (χ4v) is 2.69. The van der Waals surface area contributed by atoms with Gasteiger partial charge in [-0.2, -0.15) is 9.78 Å². The lowest BCUT2D eigenvalue weighted by Gasteiger charge is -2.10. The lowest BCUT2D eigenvalue weighted by Crippen LogP contribution is -2.25. The molecule has 0 spiro atoms. The van der Waals surface area contributed by atoms with Gasteiger partial charge in [0.25, 0.3) is 0 Å². The number of ether oxygens (including phenoxy) is 1. The minimum atomic E-state index is -0.422. The zero-order valence-corrected chi connectivity index (χ0v) is 11.7. The molecule has 1 aliphatic rings. The van der Waals surface area contributed by atoms with Crippen LogP contribution in [0.15, 0.2) is 29.8 Å². The van der Waals surface area contributed by atoms with E-state index in [4.69, 9.17) is 4.74 Å². The predicted molar refractivity (Wildman–Crippen MR) is 78.6 cm³/mol. The molecule has 0 radical (unpaired) electrons. The van der Waals surface area contributed by atoms with E-state index in [0.717, 1.165) is 17.8 Å². The molecule has 1 aliphatic heterocycles. The van der Waals surface area contributed by atoms with Crippen molar-refractivity contribution in [3.8, 4) is 0 Å². The van der Waals surface area contributed by atoms with Gasteiger partial charge in [0.15, 0.2) is 0 Å². The quantitative estimate of drug-likeness (QED) is 0.943. The summed E-state index contributed by atoms with van der Waals surface area (Å²) in [4.78, 5) is 13.2. The topological polar surface area (TPSA) is 56.1 Å². The van der Waals surface area contributed by atoms with Crippen molar-refractivity contribution in [2.24, 2.45) is 0 Å². The van der Waals surface area contributed by atoms with Crippen LogP contribution in [-0.4, -0.2) is 35.1 Å². The van der Waals surface area contributed by atoms with Crippen molar-refractivity contribution in [1.82, 2.24) is 15.1 Å². The average Bonchev–Trinajstić information content (AvgIpc) is 3.18. The molecule has 1 fully saturated rings. The van der Waals surface area contributed by atoms with Gasteiger partial charge in [0, 0.05) is 11.4 Å². The molecule has 0 bridgehead atoms. The van der Waals surface area contributed by atoms with Crippen molar-refractivity contribution >= 4 is 29.6 Å². The molecule has 0 saturated carbocycles. The fourth-order valence-electron chi connectivity index (χ4n) is 2.07. The minimum absolute atomic E-state index is 0.0548. The van der Waals surface area contributed by atoms with Crippen molar-refractivity contribution in [2.75, 3.05) is 13.1 Å². The Balaban J connectivity index is 1.70. The van der Waals surface area contributed by atoms with Crippen molar-refractivity contribution in [3.63, 3.8) is 0 Å². The van der Waals surface area contributed by atoms with Crippen LogP contribution in [0.4, 0.5) is 4.79 Å². The molecule has 20 heavy (non-hydrogen) atoms. The lowest BCUT2D eigenvalue weighted by atomic mass is 10.3. The van der Waals surface area contributed by atoms with E-state index in [9.17, 15) is 4.79 Å². The van der Waals surface area contributed by atoms with Gasteiger partial charge >= 0.3 is 6.09 Å². The summed E-state index contributed by atoms with van der Waals surface area (Å²) in [5, 5.41) is 9.21. The smallest absolute Gasteiger partial charge is 0.435 e. The fraction of sp³-hybridized carbons (Fsp3) is 0.286. The second-order valence-electron chi connectivity index (χ2n) is 4.52. The number of thiophene rings is 1. The Hall–Kier alpha value is -1.92. The van der Waals surface area contributed by atoms with E-state index in [1.54, 1.807) is 23.6 Å². The number of carbonyl (C=O) groups is 1. The van der Waals surface area contributed by atoms with Gasteiger partial charge in [0.1, 0.15) is 6.10 Å². The average molecular weight is 289 g/mol. The number of aromatic nitrogens is 2. The SMILES string of the molecule is O=C(O[C@@H]1CCNC1)n1nccc1/C=C/c1cccs1. The van der Waals surface area contributed by atoms with Gasteiger partial charge in [0.2, 0.25) is 0 Å². The number of nitrogens with zero attached hydrogens (tertiary/aromatic N) is 2. The third-order valence-corrected chi connectivity index (χ3v) is 3.93. The Kier molecular flexibility index (Phi) is 3.94. The second-order valence-corrected chi connectivity index (χ2v) is 5.49. The Morgan fingerprint density at radius 2 is 2.45 bits per heavy atom. The molecular weight excluding hydrogens is 274 g/mol. The van der Waals surface area contributed by atoms with E-state index in [1.165, 1.54) is 4.68 Å². The van der Waals surface area contributed by atoms with Crippen molar-refractivity contribution in [1.29, 1.82) is 0 Å². The summed E-state index contributed by atoms with van der Waals surface area (Å²) in [7, 11) is 0. The summed E-state index contributed by atoms with van der Waals surface area (Å²) < 4.78 is 6.70. The second kappa shape index (κ2) is 6.02. The zero-order valence-electron chi connectivity index (χ0n) is 10.9. The molecule has 3 heterocycles. The highest BCUT2D eigenvalue weighted by atomic mass is 32.1. The van der Waals surface area contributed by atoms with E-state index in [-0.39, 0.29) is 6.10 Å². The van der Waals surface area contributed by atoms with Crippen LogP contribution in [0.3, 0.4) is 0 Å². The summed E-state index contributed by atoms with van der Waals surface area (Å²) >= 11 is 1.64.